The van der Waals surface area contributed by atoms with Gasteiger partial charge in [0.25, 0.3) is 11.8 Å². The quantitative estimate of drug-likeness (QED) is 0.628. The van der Waals surface area contributed by atoms with Crippen molar-refractivity contribution in [1.29, 1.82) is 0 Å². The molecule has 2 bridgehead atoms. The standard InChI is InChI=1S/C25H25F3N4O4/c1-2-30-20-7-13-3-5-14(6-4-13)11-31(20)32-12-17(22(33)23(34)21(32)25(30)36)24(35)29-10-16-18(27)8-15(26)9-19(16)28/h7-9,12,14,20,34H,2-6,10-11H2,1H3,(H,29,35)/t14?,20-/m0/s1. The van der Waals surface area contributed by atoms with Gasteiger partial charge in [-0.25, -0.2) is 13.2 Å². The number of amides is 2. The maximum absolute atomic E-state index is 14.0. The first kappa shape index (κ1) is 24.0. The maximum Gasteiger partial charge on any atom is 0.278 e. The lowest BCUT2D eigenvalue weighted by molar-refractivity contribution is 0.0615. The van der Waals surface area contributed by atoms with Crippen LogP contribution >= 0.6 is 0 Å². The molecule has 2 amide bonds. The summed E-state index contributed by atoms with van der Waals surface area (Å²) in [4.78, 5) is 40.7. The first-order chi connectivity index (χ1) is 17.2. The minimum Gasteiger partial charge on any atom is -0.502 e. The van der Waals surface area contributed by atoms with Crippen LogP contribution in [0.15, 0.2) is 34.8 Å². The molecule has 2 N–H and O–H groups in total. The van der Waals surface area contributed by atoms with Crippen LogP contribution in [0.2, 0.25) is 0 Å². The number of fused-ring (bicyclic) bond motifs is 3. The zero-order valence-electron chi connectivity index (χ0n) is 19.6. The van der Waals surface area contributed by atoms with Crippen molar-refractivity contribution in [1.82, 2.24) is 14.9 Å². The van der Waals surface area contributed by atoms with Crippen LogP contribution < -0.4 is 15.8 Å². The van der Waals surface area contributed by atoms with Gasteiger partial charge in [-0.05, 0) is 44.6 Å². The van der Waals surface area contributed by atoms with E-state index in [4.69, 9.17) is 0 Å². The fourth-order valence-corrected chi connectivity index (χ4v) is 5.28. The van der Waals surface area contributed by atoms with E-state index in [0.29, 0.717) is 31.1 Å². The Balaban J connectivity index is 1.54. The molecular weight excluding hydrogens is 477 g/mol. The van der Waals surface area contributed by atoms with Crippen LogP contribution in [0.4, 0.5) is 13.2 Å². The van der Waals surface area contributed by atoms with Crippen molar-refractivity contribution < 1.29 is 27.9 Å². The van der Waals surface area contributed by atoms with Gasteiger partial charge in [-0.1, -0.05) is 5.57 Å². The van der Waals surface area contributed by atoms with Gasteiger partial charge >= 0.3 is 0 Å². The normalized spacial score (nSPS) is 20.9. The highest BCUT2D eigenvalue weighted by Crippen LogP contribution is 2.35. The molecule has 190 valence electrons. The number of hydrogen-bond donors (Lipinski definition) is 2. The molecule has 1 aliphatic carbocycles. The molecule has 0 radical (unpaired) electrons. The minimum atomic E-state index is -1.19. The van der Waals surface area contributed by atoms with Gasteiger partial charge < -0.3 is 15.3 Å². The molecule has 3 aliphatic heterocycles. The van der Waals surface area contributed by atoms with Crippen LogP contribution in [-0.2, 0) is 6.54 Å². The van der Waals surface area contributed by atoms with Crippen molar-refractivity contribution in [3.63, 3.8) is 0 Å². The second kappa shape index (κ2) is 9.03. The van der Waals surface area contributed by atoms with E-state index in [0.717, 1.165) is 25.7 Å². The number of aromatic nitrogens is 1. The number of benzene rings is 1. The second-order valence-electron chi connectivity index (χ2n) is 9.34. The molecule has 4 heterocycles. The first-order valence-corrected chi connectivity index (χ1v) is 11.9. The van der Waals surface area contributed by atoms with E-state index >= 15 is 0 Å². The fraction of sp³-hybridized carbons (Fsp3) is 0.400. The number of pyridine rings is 1. The van der Waals surface area contributed by atoms with Crippen LogP contribution in [0, 0.1) is 23.4 Å². The van der Waals surface area contributed by atoms with Crippen molar-refractivity contribution in [2.24, 2.45) is 5.92 Å². The van der Waals surface area contributed by atoms with Crippen LogP contribution in [-0.4, -0.2) is 45.8 Å². The van der Waals surface area contributed by atoms with Gasteiger partial charge in [0, 0.05) is 43.5 Å². The fourth-order valence-electron chi connectivity index (χ4n) is 5.28. The smallest absolute Gasteiger partial charge is 0.278 e. The number of nitrogens with one attached hydrogen (secondary N) is 1. The van der Waals surface area contributed by atoms with E-state index in [1.807, 2.05) is 18.0 Å². The SMILES string of the molecule is CCN1C(=O)c2c(O)c(=O)c(C(=O)NCc3c(F)cc(F)cc3F)cn2N2CC3CCC(=C[C@@H]12)CC3. The Hall–Kier alpha value is -3.76. The number of nitrogens with zero attached hydrogens (tertiary/aromatic N) is 3. The largest absolute Gasteiger partial charge is 0.502 e. The number of carbonyl (C=O) groups excluding carboxylic acids is 2. The maximum atomic E-state index is 14.0. The Bertz CT molecular complexity index is 1320. The Morgan fingerprint density at radius 3 is 2.44 bits per heavy atom. The molecule has 1 aromatic heterocycles. The molecule has 0 unspecified atom stereocenters. The number of halogens is 3. The number of carbonyl (C=O) groups is 2. The summed E-state index contributed by atoms with van der Waals surface area (Å²) >= 11 is 0. The highest BCUT2D eigenvalue weighted by Gasteiger charge is 2.41. The number of hydrogen-bond acceptors (Lipinski definition) is 5. The molecule has 4 aliphatic rings. The second-order valence-corrected chi connectivity index (χ2v) is 9.34. The first-order valence-electron chi connectivity index (χ1n) is 11.9. The van der Waals surface area contributed by atoms with E-state index in [2.05, 4.69) is 5.32 Å². The molecule has 8 nitrogen and oxygen atoms in total. The average molecular weight is 502 g/mol. The monoisotopic (exact) mass is 502 g/mol. The molecule has 1 atom stereocenters. The topological polar surface area (TPSA) is 94.9 Å². The van der Waals surface area contributed by atoms with Crippen molar-refractivity contribution in [3.05, 3.63) is 74.5 Å². The number of allylic oxidation sites excluding steroid dienone is 1. The third-order valence-corrected chi connectivity index (χ3v) is 7.22. The minimum absolute atomic E-state index is 0.236. The van der Waals surface area contributed by atoms with E-state index in [1.54, 1.807) is 4.90 Å². The zero-order chi connectivity index (χ0) is 25.7. The average Bonchev–Trinajstić information content (AvgIpc) is 2.81. The molecule has 6 rings (SSSR count). The van der Waals surface area contributed by atoms with Gasteiger partial charge in [0.05, 0.1) is 0 Å². The Kier molecular flexibility index (Phi) is 6.01. The van der Waals surface area contributed by atoms with Crippen molar-refractivity contribution in [3.8, 4) is 5.75 Å². The summed E-state index contributed by atoms with van der Waals surface area (Å²) in [5, 5.41) is 14.9. The predicted molar refractivity (Wildman–Crippen MR) is 123 cm³/mol. The van der Waals surface area contributed by atoms with E-state index in [9.17, 15) is 32.7 Å². The lowest BCUT2D eigenvalue weighted by atomic mass is 9.83. The van der Waals surface area contributed by atoms with Crippen molar-refractivity contribution >= 4 is 11.8 Å². The van der Waals surface area contributed by atoms with E-state index < -0.39 is 64.3 Å². The van der Waals surface area contributed by atoms with Crippen molar-refractivity contribution in [2.45, 2.75) is 45.3 Å². The Morgan fingerprint density at radius 1 is 1.14 bits per heavy atom. The molecule has 11 heteroatoms. The Morgan fingerprint density at radius 2 is 1.81 bits per heavy atom. The molecule has 36 heavy (non-hydrogen) atoms. The highest BCUT2D eigenvalue weighted by molar-refractivity contribution is 5.99. The summed E-state index contributed by atoms with van der Waals surface area (Å²) in [6, 6.07) is 0.971. The van der Waals surface area contributed by atoms with Gasteiger partial charge in [0.15, 0.2) is 11.4 Å². The molecular formula is C25H25F3N4O4. The van der Waals surface area contributed by atoms with E-state index in [-0.39, 0.29) is 5.69 Å². The van der Waals surface area contributed by atoms with Crippen LogP contribution in [0.5, 0.6) is 5.75 Å². The molecule has 2 aromatic rings. The van der Waals surface area contributed by atoms with Crippen LogP contribution in [0.1, 0.15) is 59.0 Å². The third-order valence-electron chi connectivity index (χ3n) is 7.22. The number of likely N-dealkylation sites (N-methyl/N-ethyl adjacent to an activating group) is 1. The molecule has 0 saturated heterocycles. The molecule has 1 aromatic carbocycles. The zero-order valence-corrected chi connectivity index (χ0v) is 19.6. The summed E-state index contributed by atoms with van der Waals surface area (Å²) in [7, 11) is 0. The lowest BCUT2D eigenvalue weighted by Crippen LogP contribution is -2.62. The molecule has 1 fully saturated rings. The lowest BCUT2D eigenvalue weighted by Gasteiger charge is -2.48. The van der Waals surface area contributed by atoms with Crippen LogP contribution in [0.25, 0.3) is 0 Å². The van der Waals surface area contributed by atoms with Crippen molar-refractivity contribution in [2.75, 3.05) is 18.1 Å². The van der Waals surface area contributed by atoms with Crippen LogP contribution in [0.3, 0.4) is 0 Å². The highest BCUT2D eigenvalue weighted by atomic mass is 19.1. The summed E-state index contributed by atoms with van der Waals surface area (Å²) in [6.45, 7) is 2.05. The van der Waals surface area contributed by atoms with E-state index in [1.165, 1.54) is 16.4 Å². The summed E-state index contributed by atoms with van der Waals surface area (Å²) in [5.41, 5.74) is -1.14. The third kappa shape index (κ3) is 3.92. The summed E-state index contributed by atoms with van der Waals surface area (Å²) in [5.74, 6) is -5.55. The van der Waals surface area contributed by atoms with Gasteiger partial charge in [-0.2, -0.15) is 0 Å². The Labute approximate surface area is 204 Å². The van der Waals surface area contributed by atoms with Gasteiger partial charge in [0.1, 0.15) is 29.2 Å². The molecule has 0 spiro atoms. The number of rotatable bonds is 4. The van der Waals surface area contributed by atoms with Gasteiger partial charge in [-0.3, -0.25) is 24.1 Å². The molecule has 1 saturated carbocycles. The number of aromatic hydroxyl groups is 1. The summed E-state index contributed by atoms with van der Waals surface area (Å²) in [6.07, 6.45) is 6.62. The van der Waals surface area contributed by atoms with Gasteiger partial charge in [0.2, 0.25) is 5.43 Å². The summed E-state index contributed by atoms with van der Waals surface area (Å²) < 4.78 is 42.5. The van der Waals surface area contributed by atoms with Gasteiger partial charge in [-0.15, -0.1) is 0 Å². The predicted octanol–water partition coefficient (Wildman–Crippen LogP) is 2.77.